The number of aliphatic hydroxyl groups is 3. The van der Waals surface area contributed by atoms with Crippen LogP contribution in [-0.4, -0.2) is 65.2 Å². The number of nitrogens with one attached hydrogen (secondary N) is 1. The molecule has 2 aromatic heterocycles. The summed E-state index contributed by atoms with van der Waals surface area (Å²) in [7, 11) is 0. The highest BCUT2D eigenvalue weighted by molar-refractivity contribution is 5.67. The van der Waals surface area contributed by atoms with Crippen molar-refractivity contribution in [3.63, 3.8) is 0 Å². The largest absolute Gasteiger partial charge is 0.394 e. The number of ether oxygens (including phenoxy) is 1. The van der Waals surface area contributed by atoms with Crippen molar-refractivity contribution in [2.45, 2.75) is 24.5 Å². The number of aromatic nitrogens is 5. The first-order valence-electron chi connectivity index (χ1n) is 5.54. The minimum atomic E-state index is -1.38. The first kappa shape index (κ1) is 12.2. The molecule has 0 saturated carbocycles. The lowest BCUT2D eigenvalue weighted by atomic mass is 10.1. The van der Waals surface area contributed by atoms with Crippen LogP contribution < -0.4 is 5.69 Å². The highest BCUT2D eigenvalue weighted by Crippen LogP contribution is 2.29. The Morgan fingerprint density at radius 1 is 1.37 bits per heavy atom. The normalized spacial score (nSPS) is 31.1. The van der Waals surface area contributed by atoms with E-state index >= 15 is 0 Å². The van der Waals surface area contributed by atoms with E-state index in [1.165, 1.54) is 6.20 Å². The molecule has 0 unspecified atom stereocenters. The van der Waals surface area contributed by atoms with E-state index in [-0.39, 0.29) is 5.65 Å². The molecule has 0 spiro atoms. The second-order valence-electron chi connectivity index (χ2n) is 4.17. The summed E-state index contributed by atoms with van der Waals surface area (Å²) in [5.74, 6) is 0. The molecular formula is C9H11N5O5. The van der Waals surface area contributed by atoms with Gasteiger partial charge in [-0.2, -0.15) is 15.3 Å². The van der Waals surface area contributed by atoms with Crippen LogP contribution in [0, 0.1) is 0 Å². The zero-order valence-corrected chi connectivity index (χ0v) is 9.54. The van der Waals surface area contributed by atoms with Crippen LogP contribution in [0.5, 0.6) is 0 Å². The number of hydrogen-bond donors (Lipinski definition) is 4. The van der Waals surface area contributed by atoms with Gasteiger partial charge in [0.25, 0.3) is 0 Å². The molecule has 1 aliphatic rings. The van der Waals surface area contributed by atoms with Crippen LogP contribution in [0.2, 0.25) is 0 Å². The Bertz CT molecular complexity index is 654. The smallest absolute Gasteiger partial charge is 0.351 e. The Balaban J connectivity index is 2.12. The Labute approximate surface area is 105 Å². The third kappa shape index (κ3) is 1.73. The minimum absolute atomic E-state index is 0.148. The van der Waals surface area contributed by atoms with Crippen molar-refractivity contribution in [3.05, 3.63) is 16.7 Å². The van der Waals surface area contributed by atoms with E-state index in [1.807, 2.05) is 0 Å². The van der Waals surface area contributed by atoms with Gasteiger partial charge in [-0.3, -0.25) is 0 Å². The van der Waals surface area contributed by atoms with Gasteiger partial charge in [0.05, 0.1) is 12.8 Å². The fraction of sp³-hybridized carbons (Fsp3) is 0.556. The molecule has 0 aliphatic carbocycles. The molecule has 10 nitrogen and oxygen atoms in total. The van der Waals surface area contributed by atoms with Crippen LogP contribution >= 0.6 is 0 Å². The topological polar surface area (TPSA) is 146 Å². The van der Waals surface area contributed by atoms with Crippen LogP contribution in [0.1, 0.15) is 6.23 Å². The molecule has 4 N–H and O–H groups in total. The van der Waals surface area contributed by atoms with Gasteiger partial charge in [-0.05, 0) is 0 Å². The Hall–Kier alpha value is -1.88. The van der Waals surface area contributed by atoms with E-state index in [2.05, 4.69) is 20.4 Å². The highest BCUT2D eigenvalue weighted by atomic mass is 16.6. The van der Waals surface area contributed by atoms with Crippen molar-refractivity contribution >= 4 is 11.2 Å². The van der Waals surface area contributed by atoms with Gasteiger partial charge in [-0.15, -0.1) is 5.10 Å². The maximum atomic E-state index is 11.8. The van der Waals surface area contributed by atoms with E-state index in [0.29, 0.717) is 5.52 Å². The summed E-state index contributed by atoms with van der Waals surface area (Å²) in [5.41, 5.74) is -0.233. The van der Waals surface area contributed by atoms with Gasteiger partial charge in [0.2, 0.25) is 0 Å². The number of hydrogen-bond acceptors (Lipinski definition) is 8. The predicted molar refractivity (Wildman–Crippen MR) is 59.0 cm³/mol. The van der Waals surface area contributed by atoms with Gasteiger partial charge in [0.15, 0.2) is 11.9 Å². The molecule has 4 atom stereocenters. The Morgan fingerprint density at radius 3 is 2.84 bits per heavy atom. The van der Waals surface area contributed by atoms with Gasteiger partial charge in [0.1, 0.15) is 23.8 Å². The van der Waals surface area contributed by atoms with Crippen molar-refractivity contribution in [2.75, 3.05) is 6.61 Å². The third-order valence-corrected chi connectivity index (χ3v) is 3.06. The van der Waals surface area contributed by atoms with Gasteiger partial charge in [0, 0.05) is 0 Å². The number of rotatable bonds is 2. The van der Waals surface area contributed by atoms with Crippen LogP contribution in [0.4, 0.5) is 0 Å². The van der Waals surface area contributed by atoms with Crippen molar-refractivity contribution in [3.8, 4) is 0 Å². The fourth-order valence-corrected chi connectivity index (χ4v) is 2.09. The zero-order valence-electron chi connectivity index (χ0n) is 9.54. The molecule has 0 aromatic carbocycles. The van der Waals surface area contributed by atoms with Gasteiger partial charge in [-0.1, -0.05) is 0 Å². The molecule has 10 heteroatoms. The lowest BCUT2D eigenvalue weighted by Crippen LogP contribution is -2.36. The van der Waals surface area contributed by atoms with E-state index in [0.717, 1.165) is 4.57 Å². The van der Waals surface area contributed by atoms with Crippen molar-refractivity contribution in [1.82, 2.24) is 25.0 Å². The third-order valence-electron chi connectivity index (χ3n) is 3.06. The molecule has 1 fully saturated rings. The summed E-state index contributed by atoms with van der Waals surface area (Å²) in [5, 5.41) is 38.5. The summed E-state index contributed by atoms with van der Waals surface area (Å²) in [6, 6.07) is 0. The first-order chi connectivity index (χ1) is 9.13. The molecule has 0 radical (unpaired) electrons. The van der Waals surface area contributed by atoms with Crippen LogP contribution in [0.25, 0.3) is 11.2 Å². The standard InChI is InChI=1S/C9H11N5O5/c15-2-4-5(16)6(17)8(19-4)14-7-3(11-13-12-7)1-10-9(14)18/h1,4-6,8,15-17H,2H2,(H,11,12,13)/t4-,5-,6-,8-/m1/s1. The van der Waals surface area contributed by atoms with Crippen LogP contribution in [0.15, 0.2) is 11.0 Å². The summed E-state index contributed by atoms with van der Waals surface area (Å²) < 4.78 is 6.26. The number of aliphatic hydroxyl groups excluding tert-OH is 3. The van der Waals surface area contributed by atoms with Gasteiger partial charge < -0.3 is 20.1 Å². The number of aromatic amines is 1. The van der Waals surface area contributed by atoms with Crippen LogP contribution in [0.3, 0.4) is 0 Å². The molecule has 3 rings (SSSR count). The quantitative estimate of drug-likeness (QED) is 0.455. The SMILES string of the molecule is O=c1ncc2n[nH]nc2n1[C@@H]1O[C@H](CO)[C@@H](O)[C@H]1O. The summed E-state index contributed by atoms with van der Waals surface area (Å²) in [6.45, 7) is -0.480. The molecule has 2 aromatic rings. The molecule has 3 heterocycles. The summed E-state index contributed by atoms with van der Waals surface area (Å²) in [6.07, 6.45) is -3.60. The molecule has 0 amide bonds. The lowest BCUT2D eigenvalue weighted by molar-refractivity contribution is -0.0530. The molecule has 1 saturated heterocycles. The predicted octanol–water partition coefficient (Wildman–Crippen LogP) is -2.87. The maximum absolute atomic E-state index is 11.8. The minimum Gasteiger partial charge on any atom is -0.394 e. The molecule has 102 valence electrons. The lowest BCUT2D eigenvalue weighted by Gasteiger charge is -2.16. The van der Waals surface area contributed by atoms with E-state index < -0.39 is 36.8 Å². The van der Waals surface area contributed by atoms with Gasteiger partial charge >= 0.3 is 5.69 Å². The van der Waals surface area contributed by atoms with E-state index in [9.17, 15) is 15.0 Å². The molecule has 0 bridgehead atoms. The molecular weight excluding hydrogens is 258 g/mol. The average Bonchev–Trinajstić information content (AvgIpc) is 2.97. The highest BCUT2D eigenvalue weighted by Gasteiger charge is 2.44. The summed E-state index contributed by atoms with van der Waals surface area (Å²) >= 11 is 0. The van der Waals surface area contributed by atoms with E-state index in [4.69, 9.17) is 9.84 Å². The first-order valence-corrected chi connectivity index (χ1v) is 5.54. The Morgan fingerprint density at radius 2 is 2.16 bits per heavy atom. The second kappa shape index (κ2) is 4.35. The average molecular weight is 269 g/mol. The van der Waals surface area contributed by atoms with Crippen molar-refractivity contribution in [1.29, 1.82) is 0 Å². The zero-order chi connectivity index (χ0) is 13.6. The molecule has 1 aliphatic heterocycles. The fourth-order valence-electron chi connectivity index (χ4n) is 2.09. The van der Waals surface area contributed by atoms with E-state index in [1.54, 1.807) is 0 Å². The maximum Gasteiger partial charge on any atom is 0.351 e. The summed E-state index contributed by atoms with van der Waals surface area (Å²) in [4.78, 5) is 15.4. The Kier molecular flexibility index (Phi) is 2.78. The van der Waals surface area contributed by atoms with Crippen molar-refractivity contribution < 1.29 is 20.1 Å². The number of nitrogens with zero attached hydrogens (tertiary/aromatic N) is 4. The number of H-pyrrole nitrogens is 1. The van der Waals surface area contributed by atoms with Gasteiger partial charge in [-0.25, -0.2) is 9.36 Å². The second-order valence-corrected chi connectivity index (χ2v) is 4.17. The number of fused-ring (bicyclic) bond motifs is 1. The molecule has 19 heavy (non-hydrogen) atoms. The monoisotopic (exact) mass is 269 g/mol. The van der Waals surface area contributed by atoms with Crippen LogP contribution in [-0.2, 0) is 4.74 Å². The van der Waals surface area contributed by atoms with Crippen molar-refractivity contribution in [2.24, 2.45) is 0 Å².